The van der Waals surface area contributed by atoms with Crippen molar-refractivity contribution in [2.75, 3.05) is 51.3 Å². The van der Waals surface area contributed by atoms with Crippen LogP contribution in [0.25, 0.3) is 0 Å². The van der Waals surface area contributed by atoms with Crippen molar-refractivity contribution in [3.05, 3.63) is 24.3 Å². The van der Waals surface area contributed by atoms with Gasteiger partial charge in [0.2, 0.25) is 11.8 Å². The van der Waals surface area contributed by atoms with Crippen molar-refractivity contribution in [3.8, 4) is 0 Å². The van der Waals surface area contributed by atoms with Crippen LogP contribution in [0.4, 0.5) is 11.4 Å². The molecule has 0 heterocycles. The zero-order chi connectivity index (χ0) is 15.5. The highest BCUT2D eigenvalue weighted by Crippen LogP contribution is 2.13. The molecular formula is C14H20N2O5. The van der Waals surface area contributed by atoms with E-state index in [1.54, 1.807) is 31.4 Å². The van der Waals surface area contributed by atoms with E-state index in [9.17, 15) is 9.59 Å². The van der Waals surface area contributed by atoms with Gasteiger partial charge in [-0.05, 0) is 24.3 Å². The van der Waals surface area contributed by atoms with E-state index < -0.39 is 0 Å². The van der Waals surface area contributed by atoms with Crippen LogP contribution in [0.5, 0.6) is 0 Å². The highest BCUT2D eigenvalue weighted by molar-refractivity contribution is 5.93. The van der Waals surface area contributed by atoms with Crippen molar-refractivity contribution in [1.29, 1.82) is 0 Å². The van der Waals surface area contributed by atoms with Crippen LogP contribution in [0.2, 0.25) is 0 Å². The summed E-state index contributed by atoms with van der Waals surface area (Å²) in [6.07, 6.45) is 0. The highest BCUT2D eigenvalue weighted by atomic mass is 16.5. The van der Waals surface area contributed by atoms with Gasteiger partial charge in [0.25, 0.3) is 0 Å². The molecule has 0 atom stereocenters. The third-order valence-electron chi connectivity index (χ3n) is 2.39. The molecule has 0 fully saturated rings. The predicted molar refractivity (Wildman–Crippen MR) is 78.3 cm³/mol. The van der Waals surface area contributed by atoms with Crippen molar-refractivity contribution in [2.24, 2.45) is 0 Å². The minimum absolute atomic E-state index is 0.00268. The molecule has 0 saturated heterocycles. The summed E-state index contributed by atoms with van der Waals surface area (Å²) in [6, 6.07) is 6.76. The van der Waals surface area contributed by atoms with E-state index >= 15 is 0 Å². The van der Waals surface area contributed by atoms with Crippen molar-refractivity contribution in [2.45, 2.75) is 0 Å². The minimum Gasteiger partial charge on any atom is -0.382 e. The normalized spacial score (nSPS) is 10.2. The Kier molecular flexibility index (Phi) is 8.03. The zero-order valence-corrected chi connectivity index (χ0v) is 12.2. The van der Waals surface area contributed by atoms with Crippen LogP contribution >= 0.6 is 0 Å². The van der Waals surface area contributed by atoms with E-state index in [-0.39, 0.29) is 25.0 Å². The van der Waals surface area contributed by atoms with E-state index in [1.165, 1.54) is 7.11 Å². The van der Waals surface area contributed by atoms with Gasteiger partial charge in [0.15, 0.2) is 0 Å². The Morgan fingerprint density at radius 3 is 1.86 bits per heavy atom. The van der Waals surface area contributed by atoms with Crippen LogP contribution < -0.4 is 10.6 Å². The number of hydrogen-bond donors (Lipinski definition) is 2. The van der Waals surface area contributed by atoms with Crippen LogP contribution in [0, 0.1) is 0 Å². The standard InChI is InChI=1S/C14H20N2O5/c1-19-7-8-21-10-14(18)16-12-5-3-11(4-6-12)15-13(17)9-20-2/h3-6H,7-10H2,1-2H3,(H,15,17)(H,16,18). The first-order valence-corrected chi connectivity index (χ1v) is 6.41. The number of nitrogens with one attached hydrogen (secondary N) is 2. The fraction of sp³-hybridized carbons (Fsp3) is 0.429. The van der Waals surface area contributed by atoms with Crippen LogP contribution in [-0.4, -0.2) is 52.5 Å². The lowest BCUT2D eigenvalue weighted by atomic mass is 10.2. The minimum atomic E-state index is -0.248. The van der Waals surface area contributed by atoms with Gasteiger partial charge in [0.1, 0.15) is 13.2 Å². The van der Waals surface area contributed by atoms with Crippen LogP contribution in [0.15, 0.2) is 24.3 Å². The average molecular weight is 296 g/mol. The SMILES string of the molecule is COCCOCC(=O)Nc1ccc(NC(=O)COC)cc1. The van der Waals surface area contributed by atoms with E-state index in [0.717, 1.165) is 0 Å². The molecular weight excluding hydrogens is 276 g/mol. The Labute approximate surface area is 123 Å². The molecule has 1 aromatic carbocycles. The Bertz CT molecular complexity index is 447. The van der Waals surface area contributed by atoms with E-state index in [0.29, 0.717) is 24.6 Å². The maximum Gasteiger partial charge on any atom is 0.250 e. The lowest BCUT2D eigenvalue weighted by Crippen LogP contribution is -2.20. The second kappa shape index (κ2) is 9.87. The molecule has 0 saturated carbocycles. The van der Waals surface area contributed by atoms with Gasteiger partial charge < -0.3 is 24.8 Å². The van der Waals surface area contributed by atoms with Gasteiger partial charge in [-0.2, -0.15) is 0 Å². The molecule has 0 unspecified atom stereocenters. The molecule has 0 aliphatic carbocycles. The first-order valence-electron chi connectivity index (χ1n) is 6.41. The topological polar surface area (TPSA) is 85.9 Å². The maximum atomic E-state index is 11.6. The third-order valence-corrected chi connectivity index (χ3v) is 2.39. The number of carbonyl (C=O) groups is 2. The highest BCUT2D eigenvalue weighted by Gasteiger charge is 2.04. The van der Waals surface area contributed by atoms with Gasteiger partial charge in [-0.25, -0.2) is 0 Å². The molecule has 0 bridgehead atoms. The molecule has 7 nitrogen and oxygen atoms in total. The van der Waals surface area contributed by atoms with E-state index in [1.807, 2.05) is 0 Å². The largest absolute Gasteiger partial charge is 0.382 e. The Hall–Kier alpha value is -1.96. The molecule has 2 N–H and O–H groups in total. The second-order valence-electron chi connectivity index (χ2n) is 4.15. The molecule has 1 aromatic rings. The van der Waals surface area contributed by atoms with Gasteiger partial charge in [0.05, 0.1) is 13.2 Å². The summed E-state index contributed by atoms with van der Waals surface area (Å²) in [7, 11) is 3.02. The Morgan fingerprint density at radius 1 is 0.857 bits per heavy atom. The average Bonchev–Trinajstić information content (AvgIpc) is 2.46. The predicted octanol–water partition coefficient (Wildman–Crippen LogP) is 0.873. The summed E-state index contributed by atoms with van der Waals surface area (Å²) in [5, 5.41) is 5.34. The molecule has 116 valence electrons. The molecule has 7 heteroatoms. The molecule has 0 aliphatic heterocycles. The number of amides is 2. The Morgan fingerprint density at radius 2 is 1.38 bits per heavy atom. The fourth-order valence-electron chi connectivity index (χ4n) is 1.47. The van der Waals surface area contributed by atoms with E-state index in [2.05, 4.69) is 10.6 Å². The van der Waals surface area contributed by atoms with E-state index in [4.69, 9.17) is 14.2 Å². The molecule has 0 radical (unpaired) electrons. The first-order chi connectivity index (χ1) is 10.2. The summed E-state index contributed by atoms with van der Waals surface area (Å²) in [6.45, 7) is 0.782. The monoisotopic (exact) mass is 296 g/mol. The lowest BCUT2D eigenvalue weighted by Gasteiger charge is -2.08. The first kappa shape index (κ1) is 17.1. The number of ether oxygens (including phenoxy) is 3. The summed E-state index contributed by atoms with van der Waals surface area (Å²) < 4.78 is 14.6. The van der Waals surface area contributed by atoms with Gasteiger partial charge in [-0.1, -0.05) is 0 Å². The fourth-order valence-corrected chi connectivity index (χ4v) is 1.47. The molecule has 1 rings (SSSR count). The van der Waals surface area contributed by atoms with Gasteiger partial charge in [-0.3, -0.25) is 9.59 Å². The number of benzene rings is 1. The van der Waals surface area contributed by atoms with Crippen molar-refractivity contribution < 1.29 is 23.8 Å². The van der Waals surface area contributed by atoms with Gasteiger partial charge >= 0.3 is 0 Å². The number of hydrogen-bond acceptors (Lipinski definition) is 5. The number of carbonyl (C=O) groups excluding carboxylic acids is 2. The van der Waals surface area contributed by atoms with Gasteiger partial charge in [-0.15, -0.1) is 0 Å². The van der Waals surface area contributed by atoms with Crippen LogP contribution in [0.1, 0.15) is 0 Å². The third kappa shape index (κ3) is 7.40. The summed E-state index contributed by atoms with van der Waals surface area (Å²) in [5.41, 5.74) is 1.26. The molecule has 0 aromatic heterocycles. The van der Waals surface area contributed by atoms with Crippen LogP contribution in [0.3, 0.4) is 0 Å². The van der Waals surface area contributed by atoms with Crippen molar-refractivity contribution in [1.82, 2.24) is 0 Å². The van der Waals surface area contributed by atoms with Gasteiger partial charge in [0, 0.05) is 25.6 Å². The number of anilines is 2. The van der Waals surface area contributed by atoms with Crippen molar-refractivity contribution >= 4 is 23.2 Å². The number of methoxy groups -OCH3 is 2. The summed E-state index contributed by atoms with van der Waals surface area (Å²) in [4.78, 5) is 22.9. The quantitative estimate of drug-likeness (QED) is 0.660. The summed E-state index contributed by atoms with van der Waals surface area (Å²) in [5.74, 6) is -0.483. The smallest absolute Gasteiger partial charge is 0.250 e. The van der Waals surface area contributed by atoms with Crippen LogP contribution in [-0.2, 0) is 23.8 Å². The molecule has 21 heavy (non-hydrogen) atoms. The molecule has 0 spiro atoms. The maximum absolute atomic E-state index is 11.6. The summed E-state index contributed by atoms with van der Waals surface area (Å²) >= 11 is 0. The second-order valence-corrected chi connectivity index (χ2v) is 4.15. The Balaban J connectivity index is 2.36. The number of rotatable bonds is 9. The molecule has 0 aliphatic rings. The zero-order valence-electron chi connectivity index (χ0n) is 12.2. The molecule has 2 amide bonds. The van der Waals surface area contributed by atoms with Crippen molar-refractivity contribution in [3.63, 3.8) is 0 Å². The lowest BCUT2D eigenvalue weighted by molar-refractivity contribution is -0.121.